The van der Waals surface area contributed by atoms with Gasteiger partial charge >= 0.3 is 0 Å². The van der Waals surface area contributed by atoms with Gasteiger partial charge in [-0.15, -0.1) is 0 Å². The molecule has 0 N–H and O–H groups in total. The van der Waals surface area contributed by atoms with Crippen molar-refractivity contribution in [3.63, 3.8) is 0 Å². The number of hydrogen-bond donors (Lipinski definition) is 0. The molecule has 1 aliphatic heterocycles. The maximum absolute atomic E-state index is 13.1. The lowest BCUT2D eigenvalue weighted by Gasteiger charge is -2.35. The summed E-state index contributed by atoms with van der Waals surface area (Å²) in [5.41, 5.74) is 3.09. The van der Waals surface area contributed by atoms with Crippen LogP contribution < -0.4 is 4.90 Å². The molecule has 0 atom stereocenters. The molecule has 1 saturated heterocycles. The number of benzene rings is 2. The highest BCUT2D eigenvalue weighted by atomic mass is 16.2. The summed E-state index contributed by atoms with van der Waals surface area (Å²) in [6.45, 7) is 2.92. The lowest BCUT2D eigenvalue weighted by molar-refractivity contribution is 0.0745. The molecule has 0 spiro atoms. The van der Waals surface area contributed by atoms with E-state index in [-0.39, 0.29) is 5.91 Å². The number of rotatable bonds is 4. The third kappa shape index (κ3) is 3.97. The second-order valence-corrected chi connectivity index (χ2v) is 6.66. The first-order valence-electron chi connectivity index (χ1n) is 9.23. The Balaban J connectivity index is 1.46. The van der Waals surface area contributed by atoms with E-state index in [1.165, 1.54) is 5.56 Å². The number of hydrogen-bond acceptors (Lipinski definition) is 4. The minimum Gasteiger partial charge on any atom is -0.352 e. The summed E-state index contributed by atoms with van der Waals surface area (Å²) >= 11 is 0. The Labute approximate surface area is 159 Å². The van der Waals surface area contributed by atoms with Gasteiger partial charge in [-0.25, -0.2) is 4.98 Å². The molecule has 1 fully saturated rings. The summed E-state index contributed by atoms with van der Waals surface area (Å²) < 4.78 is 0. The van der Waals surface area contributed by atoms with Gasteiger partial charge in [-0.1, -0.05) is 48.5 Å². The summed E-state index contributed by atoms with van der Waals surface area (Å²) in [6, 6.07) is 18.2. The Hall–Kier alpha value is -3.21. The van der Waals surface area contributed by atoms with Crippen molar-refractivity contribution in [1.82, 2.24) is 14.9 Å². The van der Waals surface area contributed by atoms with Crippen molar-refractivity contribution in [3.8, 4) is 0 Å². The number of aromatic nitrogens is 2. The van der Waals surface area contributed by atoms with Gasteiger partial charge in [-0.3, -0.25) is 9.78 Å². The second kappa shape index (κ2) is 7.99. The van der Waals surface area contributed by atoms with Gasteiger partial charge in [0.2, 0.25) is 0 Å². The molecule has 0 unspecified atom stereocenters. The molecule has 0 radical (unpaired) electrons. The van der Waals surface area contributed by atoms with Gasteiger partial charge in [0.15, 0.2) is 0 Å². The summed E-state index contributed by atoms with van der Waals surface area (Å²) in [5.74, 6) is 0.981. The van der Waals surface area contributed by atoms with Crippen LogP contribution in [0.3, 0.4) is 0 Å². The smallest absolute Gasteiger partial charge is 0.254 e. The van der Waals surface area contributed by atoms with Gasteiger partial charge in [-0.05, 0) is 23.6 Å². The second-order valence-electron chi connectivity index (χ2n) is 6.66. The van der Waals surface area contributed by atoms with Crippen molar-refractivity contribution in [2.45, 2.75) is 6.42 Å². The number of nitrogens with zero attached hydrogens (tertiary/aromatic N) is 4. The molecule has 3 aromatic rings. The quantitative estimate of drug-likeness (QED) is 0.719. The van der Waals surface area contributed by atoms with Gasteiger partial charge in [0.25, 0.3) is 5.91 Å². The van der Waals surface area contributed by atoms with Gasteiger partial charge < -0.3 is 9.80 Å². The first kappa shape index (κ1) is 17.2. The number of carbonyl (C=O) groups is 1. The van der Waals surface area contributed by atoms with E-state index >= 15 is 0 Å². The average Bonchev–Trinajstić information content (AvgIpc) is 2.75. The minimum atomic E-state index is 0.111. The number of amides is 1. The molecular weight excluding hydrogens is 336 g/mol. The fourth-order valence-electron chi connectivity index (χ4n) is 3.46. The Morgan fingerprint density at radius 1 is 0.889 bits per heavy atom. The van der Waals surface area contributed by atoms with Crippen LogP contribution in [0.15, 0.2) is 73.2 Å². The molecular formula is C22H22N4O. The predicted octanol–water partition coefficient (Wildman–Crippen LogP) is 3.03. The molecule has 5 heteroatoms. The van der Waals surface area contributed by atoms with Crippen LogP contribution in [0.4, 0.5) is 5.82 Å². The monoisotopic (exact) mass is 358 g/mol. The Morgan fingerprint density at radius 2 is 1.63 bits per heavy atom. The molecule has 1 aromatic heterocycles. The van der Waals surface area contributed by atoms with Crippen LogP contribution in [-0.4, -0.2) is 47.0 Å². The van der Waals surface area contributed by atoms with Crippen molar-refractivity contribution in [3.05, 3.63) is 89.9 Å². The fourth-order valence-corrected chi connectivity index (χ4v) is 3.46. The van der Waals surface area contributed by atoms with E-state index in [2.05, 4.69) is 33.1 Å². The van der Waals surface area contributed by atoms with Crippen molar-refractivity contribution in [1.29, 1.82) is 0 Å². The molecule has 2 heterocycles. The van der Waals surface area contributed by atoms with Crippen molar-refractivity contribution in [2.75, 3.05) is 31.1 Å². The zero-order valence-corrected chi connectivity index (χ0v) is 15.2. The van der Waals surface area contributed by atoms with Gasteiger partial charge in [0.05, 0.1) is 6.20 Å². The van der Waals surface area contributed by atoms with Crippen LogP contribution in [0.1, 0.15) is 21.5 Å². The van der Waals surface area contributed by atoms with Crippen LogP contribution in [-0.2, 0) is 6.42 Å². The van der Waals surface area contributed by atoms with Crippen LogP contribution in [0.25, 0.3) is 0 Å². The molecule has 27 heavy (non-hydrogen) atoms. The maximum atomic E-state index is 13.1. The van der Waals surface area contributed by atoms with E-state index in [4.69, 9.17) is 0 Å². The first-order valence-corrected chi connectivity index (χ1v) is 9.23. The van der Waals surface area contributed by atoms with Crippen molar-refractivity contribution < 1.29 is 4.79 Å². The maximum Gasteiger partial charge on any atom is 0.254 e. The van der Waals surface area contributed by atoms with E-state index < -0.39 is 0 Å². The van der Waals surface area contributed by atoms with Gasteiger partial charge in [-0.2, -0.15) is 0 Å². The van der Waals surface area contributed by atoms with E-state index in [0.717, 1.165) is 36.5 Å². The average molecular weight is 358 g/mol. The highest BCUT2D eigenvalue weighted by molar-refractivity contribution is 5.96. The summed E-state index contributed by atoms with van der Waals surface area (Å²) in [5, 5.41) is 0. The molecule has 1 amide bonds. The Kier molecular flexibility index (Phi) is 5.10. The Bertz CT molecular complexity index is 890. The SMILES string of the molecule is O=C(c1ccccc1Cc1ccccc1)N1CCN(c2cnccn2)CC1. The van der Waals surface area contributed by atoms with E-state index in [9.17, 15) is 4.79 Å². The van der Waals surface area contributed by atoms with E-state index in [1.807, 2.05) is 41.3 Å². The van der Waals surface area contributed by atoms with E-state index in [1.54, 1.807) is 18.6 Å². The van der Waals surface area contributed by atoms with E-state index in [0.29, 0.717) is 13.1 Å². The summed E-state index contributed by atoms with van der Waals surface area (Å²) in [4.78, 5) is 25.7. The third-order valence-corrected chi connectivity index (χ3v) is 4.93. The molecule has 0 bridgehead atoms. The van der Waals surface area contributed by atoms with Gasteiger partial charge in [0.1, 0.15) is 5.82 Å². The minimum absolute atomic E-state index is 0.111. The van der Waals surface area contributed by atoms with Crippen LogP contribution in [0.5, 0.6) is 0 Å². The van der Waals surface area contributed by atoms with Crippen LogP contribution in [0.2, 0.25) is 0 Å². The zero-order valence-electron chi connectivity index (χ0n) is 15.2. The normalized spacial score (nSPS) is 14.2. The number of piperazine rings is 1. The lowest BCUT2D eigenvalue weighted by atomic mass is 9.99. The summed E-state index contributed by atoms with van der Waals surface area (Å²) in [7, 11) is 0. The molecule has 1 aliphatic rings. The number of carbonyl (C=O) groups excluding carboxylic acids is 1. The molecule has 2 aromatic carbocycles. The molecule has 5 nitrogen and oxygen atoms in total. The molecule has 0 aliphatic carbocycles. The fraction of sp³-hybridized carbons (Fsp3) is 0.227. The highest BCUT2D eigenvalue weighted by Crippen LogP contribution is 2.18. The van der Waals surface area contributed by atoms with Crippen molar-refractivity contribution in [2.24, 2.45) is 0 Å². The number of anilines is 1. The highest BCUT2D eigenvalue weighted by Gasteiger charge is 2.24. The lowest BCUT2D eigenvalue weighted by Crippen LogP contribution is -2.49. The van der Waals surface area contributed by atoms with Crippen molar-refractivity contribution >= 4 is 11.7 Å². The van der Waals surface area contributed by atoms with Gasteiger partial charge in [0, 0.05) is 44.1 Å². The largest absolute Gasteiger partial charge is 0.352 e. The third-order valence-electron chi connectivity index (χ3n) is 4.93. The van der Waals surface area contributed by atoms with Crippen LogP contribution in [0, 0.1) is 0 Å². The predicted molar refractivity (Wildman–Crippen MR) is 106 cm³/mol. The standard InChI is InChI=1S/C22H22N4O/c27-22(26-14-12-25(13-15-26)21-17-23-10-11-24-21)20-9-5-4-8-19(20)16-18-6-2-1-3-7-18/h1-11,17H,12-16H2. The molecule has 4 rings (SSSR count). The topological polar surface area (TPSA) is 49.3 Å². The molecule has 0 saturated carbocycles. The Morgan fingerprint density at radius 3 is 2.37 bits per heavy atom. The first-order chi connectivity index (χ1) is 13.3. The van der Waals surface area contributed by atoms with Crippen LogP contribution >= 0.6 is 0 Å². The summed E-state index contributed by atoms with van der Waals surface area (Å²) in [6.07, 6.45) is 5.91. The zero-order chi connectivity index (χ0) is 18.5. The molecule has 136 valence electrons.